The summed E-state index contributed by atoms with van der Waals surface area (Å²) in [4.78, 5) is 7.86. The molecule has 0 fully saturated rings. The molecule has 2 rings (SSSR count). The third-order valence-electron chi connectivity index (χ3n) is 2.10. The minimum Gasteiger partial charge on any atom is -0.397 e. The van der Waals surface area contributed by atoms with Crippen molar-refractivity contribution in [2.75, 3.05) is 11.2 Å². The van der Waals surface area contributed by atoms with Gasteiger partial charge in [0.05, 0.1) is 17.1 Å². The van der Waals surface area contributed by atoms with E-state index in [1.165, 1.54) is 6.33 Å². The van der Waals surface area contributed by atoms with Crippen molar-refractivity contribution in [3.63, 3.8) is 0 Å². The second kappa shape index (κ2) is 4.34. The fraction of sp³-hybridized carbons (Fsp3) is 0. The van der Waals surface area contributed by atoms with Gasteiger partial charge in [0, 0.05) is 11.6 Å². The summed E-state index contributed by atoms with van der Waals surface area (Å²) in [6, 6.07) is 6.76. The summed E-state index contributed by atoms with van der Waals surface area (Å²) in [7, 11) is 0. The number of benzene rings is 1. The van der Waals surface area contributed by atoms with E-state index in [2.05, 4.69) is 9.97 Å². The summed E-state index contributed by atoms with van der Waals surface area (Å²) < 4.78 is 0. The van der Waals surface area contributed by atoms with Crippen LogP contribution in [-0.4, -0.2) is 15.2 Å². The van der Waals surface area contributed by atoms with Crippen LogP contribution in [0.3, 0.4) is 0 Å². The maximum Gasteiger partial charge on any atom is 0.133 e. The SMILES string of the molecule is Nc1ccc(-c2cc(Cl)ncn2)cc1NO. The van der Waals surface area contributed by atoms with Gasteiger partial charge >= 0.3 is 0 Å². The van der Waals surface area contributed by atoms with Gasteiger partial charge in [0.25, 0.3) is 0 Å². The van der Waals surface area contributed by atoms with Crippen molar-refractivity contribution >= 4 is 23.0 Å². The minimum atomic E-state index is 0.361. The second-order valence-corrected chi connectivity index (χ2v) is 3.53. The monoisotopic (exact) mass is 236 g/mol. The first-order valence-corrected chi connectivity index (χ1v) is 4.86. The quantitative estimate of drug-likeness (QED) is 0.423. The molecule has 0 amide bonds. The van der Waals surface area contributed by atoms with Gasteiger partial charge in [-0.15, -0.1) is 0 Å². The Hall–Kier alpha value is -1.85. The Bertz CT molecular complexity index is 518. The lowest BCUT2D eigenvalue weighted by Gasteiger charge is -2.06. The van der Waals surface area contributed by atoms with E-state index in [1.54, 1.807) is 24.3 Å². The Morgan fingerprint density at radius 3 is 2.75 bits per heavy atom. The van der Waals surface area contributed by atoms with Crippen LogP contribution in [0.5, 0.6) is 0 Å². The van der Waals surface area contributed by atoms with Crippen LogP contribution in [0.1, 0.15) is 0 Å². The van der Waals surface area contributed by atoms with Crippen molar-refractivity contribution in [3.8, 4) is 11.3 Å². The first-order valence-electron chi connectivity index (χ1n) is 4.48. The smallest absolute Gasteiger partial charge is 0.133 e. The summed E-state index contributed by atoms with van der Waals surface area (Å²) >= 11 is 5.76. The van der Waals surface area contributed by atoms with Crippen molar-refractivity contribution in [2.45, 2.75) is 0 Å². The molecule has 0 radical (unpaired) electrons. The number of anilines is 2. The van der Waals surface area contributed by atoms with Crippen molar-refractivity contribution in [1.82, 2.24) is 9.97 Å². The van der Waals surface area contributed by atoms with E-state index in [-0.39, 0.29) is 0 Å². The molecule has 0 spiro atoms. The number of nitrogens with two attached hydrogens (primary N) is 1. The van der Waals surface area contributed by atoms with Crippen LogP contribution >= 0.6 is 11.6 Å². The molecule has 0 atom stereocenters. The first-order chi connectivity index (χ1) is 7.70. The van der Waals surface area contributed by atoms with Crippen LogP contribution < -0.4 is 11.2 Å². The summed E-state index contributed by atoms with van der Waals surface area (Å²) in [6.07, 6.45) is 1.38. The third kappa shape index (κ3) is 2.05. The summed E-state index contributed by atoms with van der Waals surface area (Å²) in [5.74, 6) is 0. The third-order valence-corrected chi connectivity index (χ3v) is 2.31. The van der Waals surface area contributed by atoms with E-state index in [0.29, 0.717) is 22.2 Å². The van der Waals surface area contributed by atoms with Gasteiger partial charge in [0.1, 0.15) is 11.5 Å². The molecule has 6 heteroatoms. The van der Waals surface area contributed by atoms with Gasteiger partial charge < -0.3 is 5.73 Å². The average molecular weight is 237 g/mol. The number of nitrogens with zero attached hydrogens (tertiary/aromatic N) is 2. The van der Waals surface area contributed by atoms with Crippen LogP contribution in [0.2, 0.25) is 5.15 Å². The summed E-state index contributed by atoms with van der Waals surface area (Å²) in [5, 5.41) is 9.22. The minimum absolute atomic E-state index is 0.361. The Kier molecular flexibility index (Phi) is 2.89. The molecule has 0 aliphatic rings. The average Bonchev–Trinajstić information content (AvgIpc) is 2.29. The molecule has 0 bridgehead atoms. The number of aromatic nitrogens is 2. The lowest BCUT2D eigenvalue weighted by atomic mass is 10.1. The van der Waals surface area contributed by atoms with Crippen LogP contribution in [0.15, 0.2) is 30.6 Å². The van der Waals surface area contributed by atoms with E-state index in [9.17, 15) is 0 Å². The number of nitrogens with one attached hydrogen (secondary N) is 1. The highest BCUT2D eigenvalue weighted by Gasteiger charge is 2.04. The van der Waals surface area contributed by atoms with Crippen LogP contribution in [0.4, 0.5) is 11.4 Å². The highest BCUT2D eigenvalue weighted by atomic mass is 35.5. The maximum absolute atomic E-state index is 8.86. The van der Waals surface area contributed by atoms with E-state index in [1.807, 2.05) is 5.48 Å². The molecular formula is C10H9ClN4O. The molecule has 4 N–H and O–H groups in total. The van der Waals surface area contributed by atoms with Crippen LogP contribution in [0, 0.1) is 0 Å². The largest absolute Gasteiger partial charge is 0.397 e. The van der Waals surface area contributed by atoms with Crippen LogP contribution in [-0.2, 0) is 0 Å². The fourth-order valence-electron chi connectivity index (χ4n) is 1.30. The van der Waals surface area contributed by atoms with Gasteiger partial charge in [-0.05, 0) is 12.1 Å². The maximum atomic E-state index is 8.86. The molecule has 1 aromatic carbocycles. The zero-order valence-corrected chi connectivity index (χ0v) is 8.94. The highest BCUT2D eigenvalue weighted by molar-refractivity contribution is 6.29. The highest BCUT2D eigenvalue weighted by Crippen LogP contribution is 2.26. The zero-order chi connectivity index (χ0) is 11.5. The van der Waals surface area contributed by atoms with Gasteiger partial charge in [0.15, 0.2) is 0 Å². The lowest BCUT2D eigenvalue weighted by Crippen LogP contribution is -1.96. The molecule has 0 saturated carbocycles. The molecule has 1 heterocycles. The molecule has 0 aliphatic heterocycles. The summed E-state index contributed by atoms with van der Waals surface area (Å²) in [6.45, 7) is 0. The van der Waals surface area contributed by atoms with Crippen molar-refractivity contribution in [1.29, 1.82) is 0 Å². The van der Waals surface area contributed by atoms with E-state index >= 15 is 0 Å². The molecule has 82 valence electrons. The lowest BCUT2D eigenvalue weighted by molar-refractivity contribution is 0.389. The Morgan fingerprint density at radius 1 is 1.25 bits per heavy atom. The number of hydrogen-bond acceptors (Lipinski definition) is 5. The fourth-order valence-corrected chi connectivity index (χ4v) is 1.45. The molecule has 0 saturated heterocycles. The Balaban J connectivity index is 2.48. The molecule has 1 aromatic heterocycles. The molecule has 0 unspecified atom stereocenters. The van der Waals surface area contributed by atoms with E-state index in [0.717, 1.165) is 5.56 Å². The van der Waals surface area contributed by atoms with Crippen molar-refractivity contribution in [2.24, 2.45) is 0 Å². The van der Waals surface area contributed by atoms with Gasteiger partial charge in [0.2, 0.25) is 0 Å². The topological polar surface area (TPSA) is 84.1 Å². The Labute approximate surface area is 96.9 Å². The van der Waals surface area contributed by atoms with Gasteiger partial charge in [-0.2, -0.15) is 0 Å². The zero-order valence-electron chi connectivity index (χ0n) is 8.18. The Morgan fingerprint density at radius 2 is 2.06 bits per heavy atom. The first kappa shape index (κ1) is 10.7. The molecule has 5 nitrogen and oxygen atoms in total. The standard InChI is InChI=1S/C10H9ClN4O/c11-10-4-8(13-5-14-10)6-1-2-7(12)9(3-6)15-16/h1-5,15-16H,12H2. The van der Waals surface area contributed by atoms with Gasteiger partial charge in [-0.1, -0.05) is 17.7 Å². The normalized spacial score (nSPS) is 10.1. The van der Waals surface area contributed by atoms with Crippen LogP contribution in [0.25, 0.3) is 11.3 Å². The molecule has 0 aliphatic carbocycles. The second-order valence-electron chi connectivity index (χ2n) is 3.14. The van der Waals surface area contributed by atoms with Crippen molar-refractivity contribution < 1.29 is 5.21 Å². The van der Waals surface area contributed by atoms with E-state index in [4.69, 9.17) is 22.5 Å². The number of nitrogen functional groups attached to an aromatic ring is 1. The van der Waals surface area contributed by atoms with E-state index < -0.39 is 0 Å². The summed E-state index contributed by atoms with van der Waals surface area (Å²) in [5.41, 5.74) is 9.97. The molecular weight excluding hydrogens is 228 g/mol. The van der Waals surface area contributed by atoms with Crippen molar-refractivity contribution in [3.05, 3.63) is 35.7 Å². The van der Waals surface area contributed by atoms with Gasteiger partial charge in [-0.3, -0.25) is 10.7 Å². The molecule has 2 aromatic rings. The number of hydrogen-bond donors (Lipinski definition) is 3. The number of halogens is 1. The molecule has 16 heavy (non-hydrogen) atoms. The van der Waals surface area contributed by atoms with Gasteiger partial charge in [-0.25, -0.2) is 9.97 Å². The predicted molar refractivity (Wildman–Crippen MR) is 62.3 cm³/mol. The number of rotatable bonds is 2. The predicted octanol–water partition coefficient (Wildman–Crippen LogP) is 2.18.